The first-order chi connectivity index (χ1) is 15.5. The van der Waals surface area contributed by atoms with E-state index in [0.717, 1.165) is 56.9 Å². The van der Waals surface area contributed by atoms with E-state index in [1.165, 1.54) is 37.7 Å². The van der Waals surface area contributed by atoms with Gasteiger partial charge in [0.25, 0.3) is 0 Å². The van der Waals surface area contributed by atoms with Crippen molar-refractivity contribution in [3.05, 3.63) is 35.4 Å². The predicted octanol–water partition coefficient (Wildman–Crippen LogP) is 7.93. The van der Waals surface area contributed by atoms with E-state index < -0.39 is 6.17 Å². The minimum Gasteiger partial charge on any atom is -0.465 e. The van der Waals surface area contributed by atoms with Crippen LogP contribution in [0.4, 0.5) is 4.39 Å². The third-order valence-corrected chi connectivity index (χ3v) is 9.28. The molecule has 0 aromatic heterocycles. The van der Waals surface area contributed by atoms with Gasteiger partial charge in [-0.25, -0.2) is 4.39 Å². The molecule has 0 radical (unpaired) electrons. The molecular weight excluding hydrogens is 399 g/mol. The maximum absolute atomic E-state index is 15.6. The minimum atomic E-state index is -0.710. The lowest BCUT2D eigenvalue weighted by atomic mass is 9.51. The molecule has 0 saturated heterocycles. The van der Waals surface area contributed by atoms with Crippen molar-refractivity contribution in [1.82, 2.24) is 0 Å². The van der Waals surface area contributed by atoms with Gasteiger partial charge < -0.3 is 4.74 Å². The number of carbonyl (C=O) groups is 1. The lowest BCUT2D eigenvalue weighted by Gasteiger charge is -2.55. The van der Waals surface area contributed by atoms with Crippen molar-refractivity contribution in [3.63, 3.8) is 0 Å². The Morgan fingerprint density at radius 3 is 2.16 bits per heavy atom. The number of esters is 1. The highest BCUT2D eigenvalue weighted by atomic mass is 19.1. The number of alkyl halides is 1. The smallest absolute Gasteiger partial charge is 0.308 e. The summed E-state index contributed by atoms with van der Waals surface area (Å²) in [5.41, 5.74) is 2.98. The first kappa shape index (κ1) is 23.8. The second-order valence-corrected chi connectivity index (χ2v) is 11.2. The Morgan fingerprint density at radius 1 is 0.969 bits per heavy atom. The highest BCUT2D eigenvalue weighted by Gasteiger charge is 2.51. The molecule has 0 aliphatic heterocycles. The summed E-state index contributed by atoms with van der Waals surface area (Å²) >= 11 is 0. The molecule has 5 rings (SSSR count). The molecule has 1 atom stereocenters. The number of benzene rings is 1. The molecule has 0 spiro atoms. The predicted molar refractivity (Wildman–Crippen MR) is 128 cm³/mol. The zero-order valence-corrected chi connectivity index (χ0v) is 20.3. The summed E-state index contributed by atoms with van der Waals surface area (Å²) in [6.45, 7) is 4.86. The van der Waals surface area contributed by atoms with Crippen molar-refractivity contribution in [3.8, 4) is 0 Å². The van der Waals surface area contributed by atoms with E-state index in [2.05, 4.69) is 31.2 Å². The fourth-order valence-corrected chi connectivity index (χ4v) is 7.00. The maximum Gasteiger partial charge on any atom is 0.308 e. The van der Waals surface area contributed by atoms with Gasteiger partial charge in [-0.05, 0) is 99.5 Å². The van der Waals surface area contributed by atoms with E-state index in [1.807, 2.05) is 6.92 Å². The van der Waals surface area contributed by atoms with Crippen LogP contribution in [0.2, 0.25) is 0 Å². The second-order valence-electron chi connectivity index (χ2n) is 11.2. The normalized spacial score (nSPS) is 33.1. The summed E-state index contributed by atoms with van der Waals surface area (Å²) in [4.78, 5) is 12.1. The van der Waals surface area contributed by atoms with Gasteiger partial charge >= 0.3 is 5.97 Å². The van der Waals surface area contributed by atoms with Crippen molar-refractivity contribution in [2.45, 2.75) is 116 Å². The Labute approximate surface area is 194 Å². The fraction of sp³-hybridized carbons (Fsp3) is 0.759. The van der Waals surface area contributed by atoms with Gasteiger partial charge in [0, 0.05) is 11.8 Å². The van der Waals surface area contributed by atoms with Crippen LogP contribution in [0.5, 0.6) is 0 Å². The van der Waals surface area contributed by atoms with Crippen molar-refractivity contribution in [1.29, 1.82) is 0 Å². The van der Waals surface area contributed by atoms with E-state index in [4.69, 9.17) is 4.74 Å². The molecule has 4 aliphatic rings. The van der Waals surface area contributed by atoms with Gasteiger partial charge in [0.2, 0.25) is 0 Å². The van der Waals surface area contributed by atoms with Crippen LogP contribution in [-0.2, 0) is 16.0 Å². The highest BCUT2D eigenvalue weighted by molar-refractivity contribution is 5.72. The average Bonchev–Trinajstić information content (AvgIpc) is 2.84. The molecular formula is C29H43FO2. The largest absolute Gasteiger partial charge is 0.465 e. The number of fused-ring (bicyclic) bond motifs is 3. The van der Waals surface area contributed by atoms with Crippen LogP contribution < -0.4 is 0 Å². The molecule has 3 heteroatoms. The SMILES string of the molecule is CCCOC(=O)[C@H]1CC[C@H](c2ccc(CC(F)C34CCC(CCC)(CC3)CC4)cc2)CC1. The fourth-order valence-electron chi connectivity index (χ4n) is 7.00. The van der Waals surface area contributed by atoms with E-state index in [1.54, 1.807) is 0 Å². The van der Waals surface area contributed by atoms with E-state index >= 15 is 4.39 Å². The Hall–Kier alpha value is -1.38. The van der Waals surface area contributed by atoms with Gasteiger partial charge in [-0.3, -0.25) is 4.79 Å². The molecule has 2 bridgehead atoms. The molecule has 1 aromatic carbocycles. The summed E-state index contributed by atoms with van der Waals surface area (Å²) in [6, 6.07) is 8.75. The molecule has 1 aromatic rings. The van der Waals surface area contributed by atoms with Crippen molar-refractivity contribution in [2.75, 3.05) is 6.61 Å². The summed E-state index contributed by atoms with van der Waals surface area (Å²) in [5.74, 6) is 0.583. The Morgan fingerprint density at radius 2 is 1.59 bits per heavy atom. The van der Waals surface area contributed by atoms with Gasteiger partial charge in [-0.2, -0.15) is 0 Å². The van der Waals surface area contributed by atoms with Gasteiger partial charge in [0.05, 0.1) is 12.5 Å². The number of hydrogen-bond acceptors (Lipinski definition) is 2. The average molecular weight is 443 g/mol. The molecule has 178 valence electrons. The van der Waals surface area contributed by atoms with Crippen LogP contribution in [0.25, 0.3) is 0 Å². The van der Waals surface area contributed by atoms with Crippen LogP contribution in [0.1, 0.15) is 114 Å². The van der Waals surface area contributed by atoms with Gasteiger partial charge in [0.15, 0.2) is 0 Å². The minimum absolute atomic E-state index is 0.00799. The van der Waals surface area contributed by atoms with E-state index in [9.17, 15) is 4.79 Å². The second kappa shape index (κ2) is 10.3. The van der Waals surface area contributed by atoms with E-state index in [0.29, 0.717) is 24.4 Å². The number of ether oxygens (including phenoxy) is 1. The molecule has 1 unspecified atom stereocenters. The molecule has 4 fully saturated rings. The summed E-state index contributed by atoms with van der Waals surface area (Å²) < 4.78 is 20.9. The summed E-state index contributed by atoms with van der Waals surface area (Å²) in [7, 11) is 0. The third-order valence-electron chi connectivity index (χ3n) is 9.28. The molecule has 0 N–H and O–H groups in total. The van der Waals surface area contributed by atoms with Crippen LogP contribution in [0, 0.1) is 16.7 Å². The lowest BCUT2D eigenvalue weighted by molar-refractivity contribution is -0.149. The highest BCUT2D eigenvalue weighted by Crippen LogP contribution is 2.60. The zero-order valence-electron chi connectivity index (χ0n) is 20.3. The monoisotopic (exact) mass is 442 g/mol. The molecule has 4 saturated carbocycles. The van der Waals surface area contributed by atoms with E-state index in [-0.39, 0.29) is 17.3 Å². The first-order valence-corrected chi connectivity index (χ1v) is 13.4. The third kappa shape index (κ3) is 5.07. The van der Waals surface area contributed by atoms with Gasteiger partial charge in [-0.1, -0.05) is 44.5 Å². The zero-order chi connectivity index (χ0) is 22.6. The van der Waals surface area contributed by atoms with Crippen molar-refractivity contribution in [2.24, 2.45) is 16.7 Å². The molecule has 32 heavy (non-hydrogen) atoms. The van der Waals surface area contributed by atoms with Crippen LogP contribution in [0.15, 0.2) is 24.3 Å². The quantitative estimate of drug-likeness (QED) is 0.363. The maximum atomic E-state index is 15.6. The summed E-state index contributed by atoms with van der Waals surface area (Å²) in [6.07, 6.45) is 14.3. The number of carbonyl (C=O) groups excluding carboxylic acids is 1. The first-order valence-electron chi connectivity index (χ1n) is 13.4. The Bertz CT molecular complexity index is 722. The molecule has 0 heterocycles. The van der Waals surface area contributed by atoms with Crippen LogP contribution >= 0.6 is 0 Å². The molecule has 2 nitrogen and oxygen atoms in total. The number of halogens is 1. The summed E-state index contributed by atoms with van der Waals surface area (Å²) in [5, 5.41) is 0. The molecule has 4 aliphatic carbocycles. The number of rotatable bonds is 9. The topological polar surface area (TPSA) is 26.3 Å². The van der Waals surface area contributed by atoms with Crippen LogP contribution in [0.3, 0.4) is 0 Å². The van der Waals surface area contributed by atoms with Crippen molar-refractivity contribution < 1.29 is 13.9 Å². The van der Waals surface area contributed by atoms with Crippen LogP contribution in [-0.4, -0.2) is 18.7 Å². The van der Waals surface area contributed by atoms with Gasteiger partial charge in [0.1, 0.15) is 6.17 Å². The lowest BCUT2D eigenvalue weighted by Crippen LogP contribution is -2.47. The standard InChI is InChI=1S/C29H43FO2/c1-3-13-28-14-17-29(18-15-28,19-16-28)26(30)21-22-5-7-23(8-6-22)24-9-11-25(12-10-24)27(31)32-20-4-2/h5-8,24-26H,3-4,9-21H2,1-2H3/t24-,25-,26?,28?,29?. The van der Waals surface area contributed by atoms with Gasteiger partial charge in [-0.15, -0.1) is 0 Å². The Kier molecular flexibility index (Phi) is 7.62. The molecule has 0 amide bonds. The van der Waals surface area contributed by atoms with Crippen molar-refractivity contribution >= 4 is 5.97 Å². The Balaban J connectivity index is 1.28. The number of hydrogen-bond donors (Lipinski definition) is 0.